The Bertz CT molecular complexity index is 938. The van der Waals surface area contributed by atoms with Crippen molar-refractivity contribution >= 4 is 41.7 Å². The summed E-state index contributed by atoms with van der Waals surface area (Å²) in [7, 11) is 0. The van der Waals surface area contributed by atoms with Gasteiger partial charge in [-0.05, 0) is 41.7 Å². The van der Waals surface area contributed by atoms with E-state index in [1.807, 2.05) is 24.3 Å². The van der Waals surface area contributed by atoms with Gasteiger partial charge in [-0.3, -0.25) is 14.4 Å². The van der Waals surface area contributed by atoms with Gasteiger partial charge in [0.25, 0.3) is 0 Å². The highest BCUT2D eigenvalue weighted by Gasteiger charge is 2.12. The topological polar surface area (TPSA) is 74.8 Å². The third-order valence-electron chi connectivity index (χ3n) is 3.00. The SMILES string of the molecule is O=C(O)Cn1c(O)c(C=c2ccc3c(c2)C=CN=3)sc1=S. The summed E-state index contributed by atoms with van der Waals surface area (Å²) in [6.07, 6.45) is 5.42. The molecule has 0 saturated carbocycles. The number of rotatable bonds is 3. The zero-order valence-corrected chi connectivity index (χ0v) is 12.3. The van der Waals surface area contributed by atoms with Crippen LogP contribution in [0, 0.1) is 3.95 Å². The summed E-state index contributed by atoms with van der Waals surface area (Å²) in [4.78, 5) is 15.5. The van der Waals surface area contributed by atoms with Gasteiger partial charge in [0.15, 0.2) is 3.95 Å². The molecule has 0 amide bonds. The molecule has 0 radical (unpaired) electrons. The first kappa shape index (κ1) is 13.7. The molecule has 0 fully saturated rings. The van der Waals surface area contributed by atoms with E-state index in [-0.39, 0.29) is 12.4 Å². The normalized spacial score (nSPS) is 13.2. The van der Waals surface area contributed by atoms with Gasteiger partial charge in [-0.25, -0.2) is 0 Å². The van der Waals surface area contributed by atoms with Crippen molar-refractivity contribution in [3.05, 3.63) is 49.4 Å². The molecule has 2 N–H and O–H groups in total. The van der Waals surface area contributed by atoms with Crippen LogP contribution < -0.4 is 10.6 Å². The number of benzene rings is 1. The molecule has 2 aromatic rings. The molecule has 1 aromatic heterocycles. The highest BCUT2D eigenvalue weighted by atomic mass is 32.1. The van der Waals surface area contributed by atoms with Crippen LogP contribution in [0.4, 0.5) is 0 Å². The van der Waals surface area contributed by atoms with E-state index in [4.69, 9.17) is 17.3 Å². The van der Waals surface area contributed by atoms with Gasteiger partial charge in [-0.1, -0.05) is 6.07 Å². The second-order valence-electron chi connectivity index (χ2n) is 4.44. The molecule has 1 aliphatic rings. The molecule has 106 valence electrons. The van der Waals surface area contributed by atoms with Crippen molar-refractivity contribution in [3.8, 4) is 5.88 Å². The van der Waals surface area contributed by atoms with Crippen LogP contribution in [0.5, 0.6) is 5.88 Å². The number of fused-ring (bicyclic) bond motifs is 1. The summed E-state index contributed by atoms with van der Waals surface area (Å²) in [5.74, 6) is -1.16. The predicted octanol–water partition coefficient (Wildman–Crippen LogP) is 1.50. The lowest BCUT2D eigenvalue weighted by atomic mass is 10.2. The van der Waals surface area contributed by atoms with Crippen molar-refractivity contribution in [1.82, 2.24) is 4.57 Å². The summed E-state index contributed by atoms with van der Waals surface area (Å²) in [5.41, 5.74) is 1.01. The van der Waals surface area contributed by atoms with Crippen molar-refractivity contribution in [2.24, 2.45) is 4.99 Å². The molecule has 3 rings (SSSR count). The summed E-state index contributed by atoms with van der Waals surface area (Å²) >= 11 is 6.26. The summed E-state index contributed by atoms with van der Waals surface area (Å²) < 4.78 is 1.54. The molecule has 5 nitrogen and oxygen atoms in total. The van der Waals surface area contributed by atoms with Gasteiger partial charge in [0.05, 0.1) is 10.2 Å². The molecule has 7 heteroatoms. The maximum absolute atomic E-state index is 10.8. The first-order chi connectivity index (χ1) is 10.0. The van der Waals surface area contributed by atoms with Crippen LogP contribution in [0.2, 0.25) is 0 Å². The van der Waals surface area contributed by atoms with E-state index in [1.54, 1.807) is 12.3 Å². The van der Waals surface area contributed by atoms with Crippen molar-refractivity contribution in [1.29, 1.82) is 0 Å². The Balaban J connectivity index is 2.08. The van der Waals surface area contributed by atoms with Gasteiger partial charge in [-0.2, -0.15) is 0 Å². The van der Waals surface area contributed by atoms with E-state index in [0.29, 0.717) is 8.83 Å². The Morgan fingerprint density at radius 1 is 1.48 bits per heavy atom. The average Bonchev–Trinajstić information content (AvgIpc) is 2.98. The number of hydrogen-bond acceptors (Lipinski definition) is 5. The minimum Gasteiger partial charge on any atom is -0.493 e. The maximum Gasteiger partial charge on any atom is 0.323 e. The number of aromatic hydroxyl groups is 1. The van der Waals surface area contributed by atoms with Gasteiger partial charge in [-0.15, -0.1) is 11.3 Å². The standard InChI is InChI=1S/C14H10N2O3S2/c17-12(18)7-16-13(19)11(21-14(16)20)6-8-1-2-10-9(5-8)3-4-15-10/h1-6,19H,7H2,(H,17,18). The number of carbonyl (C=O) groups is 1. The average molecular weight is 318 g/mol. The minimum atomic E-state index is -1.05. The first-order valence-corrected chi connectivity index (χ1v) is 7.27. The van der Waals surface area contributed by atoms with Crippen molar-refractivity contribution in [2.75, 3.05) is 0 Å². The van der Waals surface area contributed by atoms with Crippen LogP contribution in [-0.2, 0) is 11.3 Å². The number of aliphatic carboxylic acids is 1. The molecule has 0 atom stereocenters. The van der Waals surface area contributed by atoms with Crippen molar-refractivity contribution in [3.63, 3.8) is 0 Å². The molecule has 1 aliphatic heterocycles. The molecule has 2 heterocycles. The van der Waals surface area contributed by atoms with Crippen LogP contribution in [0.1, 0.15) is 10.4 Å². The third-order valence-corrected chi connectivity index (χ3v) is 4.39. The fourth-order valence-corrected chi connectivity index (χ4v) is 3.31. The summed E-state index contributed by atoms with van der Waals surface area (Å²) in [6, 6.07) is 5.73. The second-order valence-corrected chi connectivity index (χ2v) is 6.12. The lowest BCUT2D eigenvalue weighted by Crippen LogP contribution is -2.10. The lowest BCUT2D eigenvalue weighted by Gasteiger charge is -1.99. The van der Waals surface area contributed by atoms with E-state index in [1.165, 1.54) is 15.9 Å². The first-order valence-electron chi connectivity index (χ1n) is 6.05. The van der Waals surface area contributed by atoms with Gasteiger partial charge >= 0.3 is 5.97 Å². The highest BCUT2D eigenvalue weighted by molar-refractivity contribution is 7.73. The number of thiazole rings is 1. The van der Waals surface area contributed by atoms with Crippen LogP contribution in [0.15, 0.2) is 29.4 Å². The van der Waals surface area contributed by atoms with Gasteiger partial charge < -0.3 is 10.2 Å². The van der Waals surface area contributed by atoms with E-state index in [0.717, 1.165) is 16.1 Å². The number of hydrogen-bond donors (Lipinski definition) is 2. The number of carboxylic acid groups (broad SMARTS) is 1. The molecular formula is C14H10N2O3S2. The Hall–Kier alpha value is -2.25. The lowest BCUT2D eigenvalue weighted by molar-refractivity contribution is -0.137. The quantitative estimate of drug-likeness (QED) is 0.841. The van der Waals surface area contributed by atoms with Crippen LogP contribution >= 0.6 is 23.6 Å². The summed E-state index contributed by atoms with van der Waals surface area (Å²) in [6.45, 7) is -0.346. The van der Waals surface area contributed by atoms with E-state index in [2.05, 4.69) is 4.99 Å². The highest BCUT2D eigenvalue weighted by Crippen LogP contribution is 2.26. The Morgan fingerprint density at radius 2 is 2.29 bits per heavy atom. The van der Waals surface area contributed by atoms with Crippen LogP contribution in [-0.4, -0.2) is 20.7 Å². The molecular weight excluding hydrogens is 308 g/mol. The second kappa shape index (κ2) is 5.27. The largest absolute Gasteiger partial charge is 0.493 e. The smallest absolute Gasteiger partial charge is 0.323 e. The maximum atomic E-state index is 10.8. The molecule has 0 saturated heterocycles. The van der Waals surface area contributed by atoms with Crippen LogP contribution in [0.3, 0.4) is 0 Å². The Labute approximate surface area is 128 Å². The summed E-state index contributed by atoms with van der Waals surface area (Å²) in [5, 5.41) is 20.7. The monoisotopic (exact) mass is 318 g/mol. The molecule has 21 heavy (non-hydrogen) atoms. The molecule has 0 bridgehead atoms. The number of nitrogens with zero attached hydrogens (tertiary/aromatic N) is 2. The van der Waals surface area contributed by atoms with Crippen LogP contribution in [0.25, 0.3) is 12.2 Å². The van der Waals surface area contributed by atoms with Gasteiger partial charge in [0.2, 0.25) is 5.88 Å². The molecule has 0 unspecified atom stereocenters. The number of carboxylic acids is 1. The molecule has 0 aliphatic carbocycles. The number of aromatic nitrogens is 1. The Kier molecular flexibility index (Phi) is 3.44. The fraction of sp³-hybridized carbons (Fsp3) is 0.0714. The van der Waals surface area contributed by atoms with E-state index < -0.39 is 5.97 Å². The fourth-order valence-electron chi connectivity index (χ4n) is 2.05. The van der Waals surface area contributed by atoms with Crippen molar-refractivity contribution in [2.45, 2.75) is 6.54 Å². The van der Waals surface area contributed by atoms with Crippen molar-refractivity contribution < 1.29 is 15.0 Å². The minimum absolute atomic E-state index is 0.117. The molecule has 1 aromatic carbocycles. The predicted molar refractivity (Wildman–Crippen MR) is 82.3 cm³/mol. The van der Waals surface area contributed by atoms with E-state index in [9.17, 15) is 9.90 Å². The van der Waals surface area contributed by atoms with Gasteiger partial charge in [0.1, 0.15) is 6.54 Å². The Morgan fingerprint density at radius 3 is 3.05 bits per heavy atom. The zero-order chi connectivity index (χ0) is 15.0. The van der Waals surface area contributed by atoms with Gasteiger partial charge in [0, 0.05) is 11.8 Å². The molecule has 0 spiro atoms. The zero-order valence-electron chi connectivity index (χ0n) is 10.7. The van der Waals surface area contributed by atoms with E-state index >= 15 is 0 Å². The third kappa shape index (κ3) is 2.65.